The van der Waals surface area contributed by atoms with Crippen molar-refractivity contribution in [2.24, 2.45) is 0 Å². The fourth-order valence-electron chi connectivity index (χ4n) is 3.50. The van der Waals surface area contributed by atoms with Gasteiger partial charge in [-0.25, -0.2) is 9.07 Å². The summed E-state index contributed by atoms with van der Waals surface area (Å²) in [7, 11) is 0. The van der Waals surface area contributed by atoms with E-state index >= 15 is 0 Å². The van der Waals surface area contributed by atoms with E-state index in [0.29, 0.717) is 29.9 Å². The SMILES string of the molecule is Cc1c(C(=O)N2CCCC[C@@H]2CCC(=O)O)cnn1-c1ccccc1F. The van der Waals surface area contributed by atoms with E-state index in [9.17, 15) is 14.0 Å². The topological polar surface area (TPSA) is 75.4 Å². The zero-order valence-electron chi connectivity index (χ0n) is 14.7. The van der Waals surface area contributed by atoms with Gasteiger partial charge in [-0.3, -0.25) is 9.59 Å². The average molecular weight is 359 g/mol. The van der Waals surface area contributed by atoms with Crippen molar-refractivity contribution >= 4 is 11.9 Å². The summed E-state index contributed by atoms with van der Waals surface area (Å²) in [4.78, 5) is 25.7. The molecule has 1 aliphatic rings. The predicted molar refractivity (Wildman–Crippen MR) is 93.8 cm³/mol. The van der Waals surface area contributed by atoms with E-state index in [1.165, 1.54) is 16.9 Å². The number of carboxylic acids is 1. The molecule has 26 heavy (non-hydrogen) atoms. The highest BCUT2D eigenvalue weighted by atomic mass is 19.1. The van der Waals surface area contributed by atoms with Gasteiger partial charge in [0.25, 0.3) is 5.91 Å². The third kappa shape index (κ3) is 3.61. The van der Waals surface area contributed by atoms with Crippen molar-refractivity contribution in [1.29, 1.82) is 0 Å². The summed E-state index contributed by atoms with van der Waals surface area (Å²) in [5, 5.41) is 13.1. The molecule has 3 rings (SSSR count). The molecule has 7 heteroatoms. The average Bonchev–Trinajstić information content (AvgIpc) is 3.01. The lowest BCUT2D eigenvalue weighted by atomic mass is 9.97. The molecule has 0 unspecified atom stereocenters. The molecule has 0 saturated carbocycles. The minimum atomic E-state index is -0.855. The number of rotatable bonds is 5. The van der Waals surface area contributed by atoms with Crippen molar-refractivity contribution < 1.29 is 19.1 Å². The van der Waals surface area contributed by atoms with Gasteiger partial charge in [0.15, 0.2) is 0 Å². The Morgan fingerprint density at radius 2 is 2.08 bits per heavy atom. The Hall–Kier alpha value is -2.70. The highest BCUT2D eigenvalue weighted by Crippen LogP contribution is 2.25. The van der Waals surface area contributed by atoms with Gasteiger partial charge in [0.1, 0.15) is 11.5 Å². The molecule has 2 aromatic rings. The summed E-state index contributed by atoms with van der Waals surface area (Å²) < 4.78 is 15.5. The summed E-state index contributed by atoms with van der Waals surface area (Å²) in [6.45, 7) is 2.34. The highest BCUT2D eigenvalue weighted by molar-refractivity contribution is 5.95. The number of amides is 1. The molecule has 1 fully saturated rings. The van der Waals surface area contributed by atoms with Crippen molar-refractivity contribution in [3.05, 3.63) is 47.5 Å². The molecule has 6 nitrogen and oxygen atoms in total. The van der Waals surface area contributed by atoms with Crippen molar-refractivity contribution in [2.45, 2.75) is 45.1 Å². The number of carbonyl (C=O) groups excluding carboxylic acids is 1. The molecule has 1 atom stereocenters. The van der Waals surface area contributed by atoms with Crippen LogP contribution in [0.2, 0.25) is 0 Å². The van der Waals surface area contributed by atoms with Crippen LogP contribution >= 0.6 is 0 Å². The molecule has 1 N–H and O–H groups in total. The van der Waals surface area contributed by atoms with Crippen LogP contribution in [0.25, 0.3) is 5.69 Å². The van der Waals surface area contributed by atoms with E-state index in [2.05, 4.69) is 5.10 Å². The number of halogens is 1. The fraction of sp³-hybridized carbons (Fsp3) is 0.421. The third-order valence-corrected chi connectivity index (χ3v) is 4.90. The van der Waals surface area contributed by atoms with E-state index in [0.717, 1.165) is 19.3 Å². The third-order valence-electron chi connectivity index (χ3n) is 4.90. The van der Waals surface area contributed by atoms with E-state index in [4.69, 9.17) is 5.11 Å². The maximum absolute atomic E-state index is 14.0. The van der Waals surface area contributed by atoms with Crippen LogP contribution in [0, 0.1) is 12.7 Å². The number of likely N-dealkylation sites (tertiary alicyclic amines) is 1. The van der Waals surface area contributed by atoms with E-state index < -0.39 is 11.8 Å². The first-order valence-corrected chi connectivity index (χ1v) is 8.81. The van der Waals surface area contributed by atoms with Crippen molar-refractivity contribution in [1.82, 2.24) is 14.7 Å². The Balaban J connectivity index is 1.85. The first-order valence-electron chi connectivity index (χ1n) is 8.81. The molecule has 1 amide bonds. The molecule has 1 aliphatic heterocycles. The molecule has 0 radical (unpaired) electrons. The largest absolute Gasteiger partial charge is 0.481 e. The van der Waals surface area contributed by atoms with Gasteiger partial charge in [0.2, 0.25) is 0 Å². The number of piperidine rings is 1. The molecule has 2 heterocycles. The number of para-hydroxylation sites is 1. The number of carboxylic acid groups (broad SMARTS) is 1. The second kappa shape index (κ2) is 7.68. The number of benzene rings is 1. The monoisotopic (exact) mass is 359 g/mol. The number of aromatic nitrogens is 2. The van der Waals surface area contributed by atoms with Gasteiger partial charge in [0.05, 0.1) is 17.5 Å². The van der Waals surface area contributed by atoms with Gasteiger partial charge in [-0.15, -0.1) is 0 Å². The van der Waals surface area contributed by atoms with Crippen molar-refractivity contribution in [3.8, 4) is 5.69 Å². The molecule has 0 bridgehead atoms. The quantitative estimate of drug-likeness (QED) is 0.890. The lowest BCUT2D eigenvalue weighted by molar-refractivity contribution is -0.137. The van der Waals surface area contributed by atoms with Gasteiger partial charge < -0.3 is 10.0 Å². The van der Waals surface area contributed by atoms with Crippen LogP contribution in [-0.2, 0) is 4.79 Å². The predicted octanol–water partition coefficient (Wildman–Crippen LogP) is 3.18. The Morgan fingerprint density at radius 3 is 2.81 bits per heavy atom. The second-order valence-electron chi connectivity index (χ2n) is 6.59. The van der Waals surface area contributed by atoms with Crippen LogP contribution in [0.4, 0.5) is 4.39 Å². The van der Waals surface area contributed by atoms with Crippen LogP contribution in [0.3, 0.4) is 0 Å². The van der Waals surface area contributed by atoms with Crippen molar-refractivity contribution in [2.75, 3.05) is 6.54 Å². The van der Waals surface area contributed by atoms with Gasteiger partial charge >= 0.3 is 5.97 Å². The number of aliphatic carboxylic acids is 1. The Bertz CT molecular complexity index is 818. The van der Waals surface area contributed by atoms with Crippen LogP contribution in [0.5, 0.6) is 0 Å². The molecular formula is C19H22FN3O3. The Kier molecular flexibility index (Phi) is 5.35. The normalized spacial score (nSPS) is 17.3. The minimum absolute atomic E-state index is 0.0436. The lowest BCUT2D eigenvalue weighted by Gasteiger charge is -2.35. The van der Waals surface area contributed by atoms with Gasteiger partial charge in [-0.1, -0.05) is 12.1 Å². The first-order chi connectivity index (χ1) is 12.5. The molecule has 1 aromatic carbocycles. The standard InChI is InChI=1S/C19H22FN3O3/c1-13-15(12-21-23(13)17-8-3-2-7-16(17)20)19(26)22-11-5-4-6-14(22)9-10-18(24)25/h2-3,7-8,12,14H,4-6,9-11H2,1H3,(H,24,25)/t14-/m1/s1. The van der Waals surface area contributed by atoms with Gasteiger partial charge in [-0.05, 0) is 44.7 Å². The Morgan fingerprint density at radius 1 is 1.31 bits per heavy atom. The summed E-state index contributed by atoms with van der Waals surface area (Å²) in [6.07, 6.45) is 4.65. The maximum Gasteiger partial charge on any atom is 0.303 e. The fourth-order valence-corrected chi connectivity index (χ4v) is 3.50. The number of hydrogen-bond donors (Lipinski definition) is 1. The van der Waals surface area contributed by atoms with Crippen LogP contribution in [0.15, 0.2) is 30.5 Å². The van der Waals surface area contributed by atoms with E-state index in [1.54, 1.807) is 30.0 Å². The van der Waals surface area contributed by atoms with Crippen molar-refractivity contribution in [3.63, 3.8) is 0 Å². The summed E-state index contributed by atoms with van der Waals surface area (Å²) in [5.41, 5.74) is 1.29. The number of carbonyl (C=O) groups is 2. The number of hydrogen-bond acceptors (Lipinski definition) is 3. The molecule has 0 spiro atoms. The summed E-state index contributed by atoms with van der Waals surface area (Å²) in [5.74, 6) is -1.43. The minimum Gasteiger partial charge on any atom is -0.481 e. The van der Waals surface area contributed by atoms with Crippen LogP contribution < -0.4 is 0 Å². The number of nitrogens with zero attached hydrogens (tertiary/aromatic N) is 3. The zero-order valence-corrected chi connectivity index (χ0v) is 14.7. The maximum atomic E-state index is 14.0. The molecular weight excluding hydrogens is 337 g/mol. The molecule has 0 aliphatic carbocycles. The molecule has 1 saturated heterocycles. The van der Waals surface area contributed by atoms with E-state index in [1.807, 2.05) is 0 Å². The van der Waals surface area contributed by atoms with Crippen LogP contribution in [0.1, 0.15) is 48.2 Å². The zero-order chi connectivity index (χ0) is 18.7. The smallest absolute Gasteiger partial charge is 0.303 e. The lowest BCUT2D eigenvalue weighted by Crippen LogP contribution is -2.44. The summed E-state index contributed by atoms with van der Waals surface area (Å²) >= 11 is 0. The summed E-state index contributed by atoms with van der Waals surface area (Å²) in [6, 6.07) is 6.20. The van der Waals surface area contributed by atoms with Gasteiger partial charge in [0, 0.05) is 19.0 Å². The Labute approximate surface area is 151 Å². The van der Waals surface area contributed by atoms with Crippen LogP contribution in [-0.4, -0.2) is 44.3 Å². The highest BCUT2D eigenvalue weighted by Gasteiger charge is 2.30. The molecule has 1 aromatic heterocycles. The van der Waals surface area contributed by atoms with Gasteiger partial charge in [-0.2, -0.15) is 5.10 Å². The van der Waals surface area contributed by atoms with E-state index in [-0.39, 0.29) is 18.4 Å². The molecule has 138 valence electrons. The first kappa shape index (κ1) is 18.1. The second-order valence-corrected chi connectivity index (χ2v) is 6.59.